The van der Waals surface area contributed by atoms with Gasteiger partial charge in [0.1, 0.15) is 5.69 Å². The first-order valence-corrected chi connectivity index (χ1v) is 4.58. The maximum Gasteiger partial charge on any atom is 0.159 e. The second kappa shape index (κ2) is 3.97. The van der Waals surface area contributed by atoms with Crippen molar-refractivity contribution in [2.75, 3.05) is 0 Å². The third-order valence-corrected chi connectivity index (χ3v) is 2.29. The van der Waals surface area contributed by atoms with E-state index in [9.17, 15) is 8.78 Å². The largest absolute Gasteiger partial charge is 0.390 e. The molecule has 0 spiro atoms. The van der Waals surface area contributed by atoms with Crippen LogP contribution in [0.3, 0.4) is 0 Å². The lowest BCUT2D eigenvalue weighted by Gasteiger charge is -2.01. The summed E-state index contributed by atoms with van der Waals surface area (Å²) in [6.45, 7) is -0.266. The number of aliphatic hydroxyl groups excluding tert-OH is 1. The molecule has 6 heteroatoms. The van der Waals surface area contributed by atoms with E-state index in [1.165, 1.54) is 10.7 Å². The molecule has 0 bridgehead atoms. The van der Waals surface area contributed by atoms with Gasteiger partial charge in [-0.3, -0.25) is 0 Å². The fourth-order valence-corrected chi connectivity index (χ4v) is 1.42. The van der Waals surface area contributed by atoms with E-state index >= 15 is 0 Å². The lowest BCUT2D eigenvalue weighted by molar-refractivity contribution is 0.271. The number of hydrogen-bond acceptors (Lipinski definition) is 3. The van der Waals surface area contributed by atoms with Crippen molar-refractivity contribution in [3.05, 3.63) is 35.5 Å². The molecule has 2 rings (SSSR count). The van der Waals surface area contributed by atoms with Gasteiger partial charge in [-0.25, -0.2) is 13.5 Å². The molecule has 0 aliphatic rings. The van der Waals surface area contributed by atoms with Crippen LogP contribution in [-0.2, 0) is 13.7 Å². The quantitative estimate of drug-likeness (QED) is 0.836. The van der Waals surface area contributed by atoms with Gasteiger partial charge in [0, 0.05) is 12.6 Å². The minimum Gasteiger partial charge on any atom is -0.390 e. The number of rotatable bonds is 2. The zero-order valence-corrected chi connectivity index (χ0v) is 8.48. The summed E-state index contributed by atoms with van der Waals surface area (Å²) in [5, 5.41) is 16.6. The SMILES string of the molecule is Cn1nnc(-c2ccc(F)c(F)c2)c1CO. The number of aryl methyl sites for hydroxylation is 1. The normalized spacial score (nSPS) is 10.8. The summed E-state index contributed by atoms with van der Waals surface area (Å²) in [4.78, 5) is 0. The maximum atomic E-state index is 13.0. The highest BCUT2D eigenvalue weighted by Gasteiger charge is 2.13. The molecule has 0 radical (unpaired) electrons. The molecule has 84 valence electrons. The number of nitrogens with zero attached hydrogens (tertiary/aromatic N) is 3. The first-order chi connectivity index (χ1) is 7.63. The molecule has 0 saturated heterocycles. The summed E-state index contributed by atoms with van der Waals surface area (Å²) in [6, 6.07) is 3.43. The van der Waals surface area contributed by atoms with E-state index in [0.29, 0.717) is 17.0 Å². The standard InChI is InChI=1S/C10H9F2N3O/c1-15-9(5-16)10(13-14-15)6-2-3-7(11)8(12)4-6/h2-4,16H,5H2,1H3. The van der Waals surface area contributed by atoms with Gasteiger partial charge in [-0.15, -0.1) is 5.10 Å². The molecule has 0 saturated carbocycles. The van der Waals surface area contributed by atoms with Gasteiger partial charge >= 0.3 is 0 Å². The Bertz CT molecular complexity index is 525. The Morgan fingerprint density at radius 1 is 1.31 bits per heavy atom. The van der Waals surface area contributed by atoms with E-state index in [-0.39, 0.29) is 6.61 Å². The molecule has 0 fully saturated rings. The van der Waals surface area contributed by atoms with Crippen LogP contribution in [0.2, 0.25) is 0 Å². The Balaban J connectivity index is 2.54. The second-order valence-electron chi connectivity index (χ2n) is 3.30. The zero-order valence-electron chi connectivity index (χ0n) is 8.48. The summed E-state index contributed by atoms with van der Waals surface area (Å²) >= 11 is 0. The van der Waals surface area contributed by atoms with Gasteiger partial charge in [0.15, 0.2) is 11.6 Å². The van der Waals surface area contributed by atoms with Crippen LogP contribution in [0, 0.1) is 11.6 Å². The number of benzene rings is 1. The first kappa shape index (κ1) is 10.7. The Labute approximate surface area is 90.1 Å². The molecule has 1 heterocycles. The fraction of sp³-hybridized carbons (Fsp3) is 0.200. The summed E-state index contributed by atoms with van der Waals surface area (Å²) in [5.74, 6) is -1.87. The summed E-state index contributed by atoms with van der Waals surface area (Å²) in [7, 11) is 1.61. The van der Waals surface area contributed by atoms with Gasteiger partial charge in [-0.2, -0.15) is 0 Å². The van der Waals surface area contributed by atoms with Crippen LogP contribution in [0.1, 0.15) is 5.69 Å². The van der Waals surface area contributed by atoms with E-state index in [2.05, 4.69) is 10.3 Å². The van der Waals surface area contributed by atoms with E-state index in [4.69, 9.17) is 5.11 Å². The molecule has 0 unspecified atom stereocenters. The van der Waals surface area contributed by atoms with Gasteiger partial charge in [-0.05, 0) is 18.2 Å². The first-order valence-electron chi connectivity index (χ1n) is 4.58. The fourth-order valence-electron chi connectivity index (χ4n) is 1.42. The molecular formula is C10H9F2N3O. The topological polar surface area (TPSA) is 50.9 Å². The Morgan fingerprint density at radius 3 is 2.69 bits per heavy atom. The lowest BCUT2D eigenvalue weighted by atomic mass is 10.1. The molecule has 1 N–H and O–H groups in total. The Morgan fingerprint density at radius 2 is 2.06 bits per heavy atom. The molecule has 4 nitrogen and oxygen atoms in total. The van der Waals surface area contributed by atoms with Gasteiger partial charge in [0.05, 0.1) is 12.3 Å². The zero-order chi connectivity index (χ0) is 11.7. The predicted octanol–water partition coefficient (Wildman–Crippen LogP) is 1.25. The highest BCUT2D eigenvalue weighted by molar-refractivity contribution is 5.61. The van der Waals surface area contributed by atoms with Crippen LogP contribution in [0.15, 0.2) is 18.2 Å². The molecular weight excluding hydrogens is 216 g/mol. The minimum absolute atomic E-state index is 0.266. The highest BCUT2D eigenvalue weighted by Crippen LogP contribution is 2.22. The van der Waals surface area contributed by atoms with Crippen molar-refractivity contribution < 1.29 is 13.9 Å². The van der Waals surface area contributed by atoms with Crippen LogP contribution in [-0.4, -0.2) is 20.1 Å². The van der Waals surface area contributed by atoms with Crippen molar-refractivity contribution in [1.82, 2.24) is 15.0 Å². The van der Waals surface area contributed by atoms with Crippen LogP contribution < -0.4 is 0 Å². The van der Waals surface area contributed by atoms with Gasteiger partial charge in [0.2, 0.25) is 0 Å². The predicted molar refractivity (Wildman–Crippen MR) is 52.3 cm³/mol. The smallest absolute Gasteiger partial charge is 0.159 e. The van der Waals surface area contributed by atoms with Crippen molar-refractivity contribution in [3.8, 4) is 11.3 Å². The Hall–Kier alpha value is -1.82. The molecule has 1 aromatic carbocycles. The average molecular weight is 225 g/mol. The number of hydrogen-bond donors (Lipinski definition) is 1. The highest BCUT2D eigenvalue weighted by atomic mass is 19.2. The van der Waals surface area contributed by atoms with Crippen molar-refractivity contribution in [2.24, 2.45) is 7.05 Å². The molecule has 0 amide bonds. The van der Waals surface area contributed by atoms with Crippen LogP contribution >= 0.6 is 0 Å². The van der Waals surface area contributed by atoms with E-state index in [1.807, 2.05) is 0 Å². The van der Waals surface area contributed by atoms with Crippen molar-refractivity contribution in [1.29, 1.82) is 0 Å². The second-order valence-corrected chi connectivity index (χ2v) is 3.30. The molecule has 0 aliphatic heterocycles. The molecule has 0 atom stereocenters. The molecule has 1 aromatic heterocycles. The van der Waals surface area contributed by atoms with Crippen LogP contribution in [0.5, 0.6) is 0 Å². The molecule has 16 heavy (non-hydrogen) atoms. The Kier molecular flexibility index (Phi) is 2.66. The van der Waals surface area contributed by atoms with E-state index in [1.54, 1.807) is 7.05 Å². The van der Waals surface area contributed by atoms with Crippen molar-refractivity contribution in [3.63, 3.8) is 0 Å². The van der Waals surface area contributed by atoms with Crippen molar-refractivity contribution >= 4 is 0 Å². The third kappa shape index (κ3) is 1.67. The van der Waals surface area contributed by atoms with Gasteiger partial charge in [-0.1, -0.05) is 5.21 Å². The maximum absolute atomic E-state index is 13.0. The van der Waals surface area contributed by atoms with Gasteiger partial charge in [0.25, 0.3) is 0 Å². The van der Waals surface area contributed by atoms with E-state index < -0.39 is 11.6 Å². The van der Waals surface area contributed by atoms with Gasteiger partial charge < -0.3 is 5.11 Å². The third-order valence-electron chi connectivity index (χ3n) is 2.29. The number of aromatic nitrogens is 3. The summed E-state index contributed by atoms with van der Waals surface area (Å²) in [5.41, 5.74) is 1.19. The van der Waals surface area contributed by atoms with Crippen LogP contribution in [0.25, 0.3) is 11.3 Å². The summed E-state index contributed by atoms with van der Waals surface area (Å²) in [6.07, 6.45) is 0. The lowest BCUT2D eigenvalue weighted by Crippen LogP contribution is -1.98. The number of halogens is 2. The number of aliphatic hydroxyl groups is 1. The molecule has 2 aromatic rings. The van der Waals surface area contributed by atoms with E-state index in [0.717, 1.165) is 12.1 Å². The summed E-state index contributed by atoms with van der Waals surface area (Å²) < 4.78 is 27.1. The minimum atomic E-state index is -0.952. The molecule has 0 aliphatic carbocycles. The van der Waals surface area contributed by atoms with Crippen LogP contribution in [0.4, 0.5) is 8.78 Å². The van der Waals surface area contributed by atoms with Crippen molar-refractivity contribution in [2.45, 2.75) is 6.61 Å². The average Bonchev–Trinajstić information content (AvgIpc) is 2.63. The monoisotopic (exact) mass is 225 g/mol.